The number of hydrogen-bond donors (Lipinski definition) is 1. The van der Waals surface area contributed by atoms with Crippen molar-refractivity contribution in [2.24, 2.45) is 0 Å². The van der Waals surface area contributed by atoms with Crippen LogP contribution >= 0.6 is 0 Å². The number of rotatable bonds is 6. The molecule has 124 valence electrons. The Morgan fingerprint density at radius 1 is 1.21 bits per heavy atom. The van der Waals surface area contributed by atoms with Gasteiger partial charge >= 0.3 is 0 Å². The lowest BCUT2D eigenvalue weighted by atomic mass is 10.1. The molecule has 0 saturated heterocycles. The summed E-state index contributed by atoms with van der Waals surface area (Å²) in [6, 6.07) is 11.9. The van der Waals surface area contributed by atoms with Gasteiger partial charge in [-0.15, -0.1) is 0 Å². The fourth-order valence-electron chi connectivity index (χ4n) is 2.58. The van der Waals surface area contributed by atoms with E-state index in [4.69, 9.17) is 0 Å². The number of nitrogens with zero attached hydrogens (tertiary/aromatic N) is 2. The molecule has 4 nitrogen and oxygen atoms in total. The van der Waals surface area contributed by atoms with Gasteiger partial charge in [0, 0.05) is 17.5 Å². The van der Waals surface area contributed by atoms with E-state index in [0.717, 1.165) is 29.3 Å². The zero-order chi connectivity index (χ0) is 16.9. The number of unbranched alkanes of at least 4 members (excludes halogenated alkanes) is 1. The molecule has 0 radical (unpaired) electrons. The second-order valence-electron chi connectivity index (χ2n) is 5.81. The van der Waals surface area contributed by atoms with Crippen LogP contribution in [0.2, 0.25) is 0 Å². The van der Waals surface area contributed by atoms with Gasteiger partial charge in [0.2, 0.25) is 0 Å². The molecule has 0 aliphatic carbocycles. The maximum Gasteiger partial charge on any atom is 0.251 e. The van der Waals surface area contributed by atoms with E-state index >= 15 is 0 Å². The lowest BCUT2D eigenvalue weighted by Crippen LogP contribution is -2.24. The molecule has 24 heavy (non-hydrogen) atoms. The summed E-state index contributed by atoms with van der Waals surface area (Å²) in [5, 5.41) is 8.28. The van der Waals surface area contributed by atoms with Gasteiger partial charge in [-0.1, -0.05) is 31.5 Å². The van der Waals surface area contributed by atoms with Gasteiger partial charge in [-0.3, -0.25) is 9.48 Å². The number of amides is 1. The van der Waals surface area contributed by atoms with E-state index in [1.54, 1.807) is 18.3 Å². The summed E-state index contributed by atoms with van der Waals surface area (Å²) in [7, 11) is 0. The van der Waals surface area contributed by atoms with E-state index in [9.17, 15) is 9.18 Å². The van der Waals surface area contributed by atoms with Gasteiger partial charge in [-0.25, -0.2) is 4.39 Å². The Hall–Kier alpha value is -2.69. The van der Waals surface area contributed by atoms with E-state index in [-0.39, 0.29) is 11.7 Å². The average Bonchev–Trinajstić information content (AvgIpc) is 2.99. The van der Waals surface area contributed by atoms with Gasteiger partial charge in [0.25, 0.3) is 5.91 Å². The van der Waals surface area contributed by atoms with Crippen molar-refractivity contribution in [3.05, 3.63) is 65.6 Å². The minimum atomic E-state index is -0.255. The summed E-state index contributed by atoms with van der Waals surface area (Å²) >= 11 is 0. The summed E-state index contributed by atoms with van der Waals surface area (Å²) in [5.74, 6) is -0.324. The molecular formula is C19H20FN3O. The molecule has 0 aliphatic rings. The Kier molecular flexibility index (Phi) is 4.89. The number of carbonyl (C=O) groups excluding carboxylic acids is 1. The quantitative estimate of drug-likeness (QED) is 0.702. The summed E-state index contributed by atoms with van der Waals surface area (Å²) in [6.07, 6.45) is 3.79. The van der Waals surface area contributed by atoms with Crippen LogP contribution in [0.3, 0.4) is 0 Å². The topological polar surface area (TPSA) is 46.9 Å². The van der Waals surface area contributed by atoms with Crippen molar-refractivity contribution in [2.45, 2.75) is 26.3 Å². The van der Waals surface area contributed by atoms with Crippen molar-refractivity contribution in [1.29, 1.82) is 0 Å². The molecular weight excluding hydrogens is 305 g/mol. The van der Waals surface area contributed by atoms with Crippen LogP contribution in [-0.2, 0) is 6.54 Å². The number of aromatic nitrogens is 2. The Bertz CT molecular complexity index is 839. The van der Waals surface area contributed by atoms with Crippen LogP contribution < -0.4 is 5.32 Å². The molecule has 1 amide bonds. The number of nitrogens with one attached hydrogen (secondary N) is 1. The largest absolute Gasteiger partial charge is 0.352 e. The highest BCUT2D eigenvalue weighted by molar-refractivity contribution is 5.97. The zero-order valence-electron chi connectivity index (χ0n) is 13.6. The lowest BCUT2D eigenvalue weighted by Gasteiger charge is -2.07. The smallest absolute Gasteiger partial charge is 0.251 e. The van der Waals surface area contributed by atoms with Gasteiger partial charge < -0.3 is 5.32 Å². The van der Waals surface area contributed by atoms with E-state index in [1.165, 1.54) is 12.1 Å². The fourth-order valence-corrected chi connectivity index (χ4v) is 2.58. The van der Waals surface area contributed by atoms with Crippen LogP contribution in [-0.4, -0.2) is 22.2 Å². The van der Waals surface area contributed by atoms with Crippen molar-refractivity contribution in [3.63, 3.8) is 0 Å². The third-order valence-corrected chi connectivity index (χ3v) is 3.97. The van der Waals surface area contributed by atoms with Crippen molar-refractivity contribution >= 4 is 16.8 Å². The highest BCUT2D eigenvalue weighted by atomic mass is 19.1. The lowest BCUT2D eigenvalue weighted by molar-refractivity contribution is 0.0953. The highest BCUT2D eigenvalue weighted by Crippen LogP contribution is 2.17. The van der Waals surface area contributed by atoms with Gasteiger partial charge in [0.15, 0.2) is 0 Å². The molecule has 1 N–H and O–H groups in total. The number of benzene rings is 2. The van der Waals surface area contributed by atoms with Gasteiger partial charge in [-0.2, -0.15) is 5.10 Å². The van der Waals surface area contributed by atoms with Crippen molar-refractivity contribution in [2.75, 3.05) is 6.54 Å². The molecule has 3 rings (SSSR count). The van der Waals surface area contributed by atoms with Crippen LogP contribution in [0, 0.1) is 5.82 Å². The standard InChI is InChI=1S/C19H20FN3O/c1-2-3-10-21-19(24)15-6-7-16-12-22-23(18(16)11-15)13-14-4-8-17(20)9-5-14/h4-9,11-12H,2-3,10,13H2,1H3,(H,21,24). The molecule has 1 heterocycles. The molecule has 5 heteroatoms. The first-order valence-electron chi connectivity index (χ1n) is 8.15. The first-order valence-corrected chi connectivity index (χ1v) is 8.15. The minimum absolute atomic E-state index is 0.0696. The molecule has 0 unspecified atom stereocenters. The molecule has 0 fully saturated rings. The predicted octanol–water partition coefficient (Wildman–Crippen LogP) is 3.75. The third-order valence-electron chi connectivity index (χ3n) is 3.97. The number of halogens is 1. The molecule has 0 aliphatic heterocycles. The Morgan fingerprint density at radius 3 is 2.75 bits per heavy atom. The fraction of sp³-hybridized carbons (Fsp3) is 0.263. The first-order chi connectivity index (χ1) is 11.7. The van der Waals surface area contributed by atoms with Crippen LogP contribution in [0.5, 0.6) is 0 Å². The van der Waals surface area contributed by atoms with E-state index in [2.05, 4.69) is 17.3 Å². The summed E-state index contributed by atoms with van der Waals surface area (Å²) in [6.45, 7) is 3.30. The normalized spacial score (nSPS) is 10.9. The molecule has 0 atom stereocenters. The number of fused-ring (bicyclic) bond motifs is 1. The maximum atomic E-state index is 13.0. The van der Waals surface area contributed by atoms with Gasteiger partial charge in [0.05, 0.1) is 18.3 Å². The molecule has 0 bridgehead atoms. The Morgan fingerprint density at radius 2 is 2.00 bits per heavy atom. The van der Waals surface area contributed by atoms with Gasteiger partial charge in [0.1, 0.15) is 5.82 Å². The summed E-state index contributed by atoms with van der Waals surface area (Å²) in [4.78, 5) is 12.2. The summed E-state index contributed by atoms with van der Waals surface area (Å²) in [5.41, 5.74) is 2.47. The molecule has 0 saturated carbocycles. The average molecular weight is 325 g/mol. The van der Waals surface area contributed by atoms with E-state index < -0.39 is 0 Å². The van der Waals surface area contributed by atoms with E-state index in [1.807, 2.05) is 22.9 Å². The first kappa shape index (κ1) is 16.2. The van der Waals surface area contributed by atoms with Crippen molar-refractivity contribution in [3.8, 4) is 0 Å². The Balaban J connectivity index is 1.83. The van der Waals surface area contributed by atoms with Crippen molar-refractivity contribution < 1.29 is 9.18 Å². The third kappa shape index (κ3) is 3.62. The summed E-state index contributed by atoms with van der Waals surface area (Å²) < 4.78 is 14.8. The molecule has 0 spiro atoms. The van der Waals surface area contributed by atoms with Gasteiger partial charge in [-0.05, 0) is 36.2 Å². The maximum absolute atomic E-state index is 13.0. The monoisotopic (exact) mass is 325 g/mol. The molecule has 3 aromatic rings. The molecule has 2 aromatic carbocycles. The minimum Gasteiger partial charge on any atom is -0.352 e. The van der Waals surface area contributed by atoms with Crippen LogP contribution in [0.4, 0.5) is 4.39 Å². The van der Waals surface area contributed by atoms with Crippen LogP contribution in [0.25, 0.3) is 10.9 Å². The second-order valence-corrected chi connectivity index (χ2v) is 5.81. The highest BCUT2D eigenvalue weighted by Gasteiger charge is 2.09. The Labute approximate surface area is 140 Å². The SMILES string of the molecule is CCCCNC(=O)c1ccc2cnn(Cc3ccc(F)cc3)c2c1. The van der Waals surface area contributed by atoms with Crippen LogP contribution in [0.15, 0.2) is 48.7 Å². The predicted molar refractivity (Wildman–Crippen MR) is 92.5 cm³/mol. The van der Waals surface area contributed by atoms with E-state index in [0.29, 0.717) is 18.7 Å². The number of carbonyl (C=O) groups is 1. The zero-order valence-corrected chi connectivity index (χ0v) is 13.6. The van der Waals surface area contributed by atoms with Crippen LogP contribution in [0.1, 0.15) is 35.7 Å². The van der Waals surface area contributed by atoms with Crippen molar-refractivity contribution in [1.82, 2.24) is 15.1 Å². The molecule has 1 aromatic heterocycles. The second kappa shape index (κ2) is 7.25. The number of hydrogen-bond acceptors (Lipinski definition) is 2.